The molecule has 0 amide bonds. The van der Waals surface area contributed by atoms with Gasteiger partial charge in [0.2, 0.25) is 0 Å². The molecule has 0 radical (unpaired) electrons. The third-order valence-electron chi connectivity index (χ3n) is 4.94. The van der Waals surface area contributed by atoms with Crippen LogP contribution in [0.2, 0.25) is 5.02 Å². The largest absolute Gasteiger partial charge is 0.272 e. The van der Waals surface area contributed by atoms with Crippen molar-refractivity contribution in [2.75, 3.05) is 0 Å². The Balaban J connectivity index is 0.00000210. The summed E-state index contributed by atoms with van der Waals surface area (Å²) in [7, 11) is 0. The van der Waals surface area contributed by atoms with Gasteiger partial charge in [-0.1, -0.05) is 45.0 Å². The fourth-order valence-electron chi connectivity index (χ4n) is 3.40. The summed E-state index contributed by atoms with van der Waals surface area (Å²) in [4.78, 5) is 6.49. The average molecular weight is 401 g/mol. The first-order chi connectivity index (χ1) is 12.4. The first-order valence-electron chi connectivity index (χ1n) is 8.75. The van der Waals surface area contributed by atoms with Crippen LogP contribution in [0.3, 0.4) is 0 Å². The third-order valence-corrected chi connectivity index (χ3v) is 6.38. The monoisotopic (exact) mass is 400 g/mol. The number of hydrogen-bond donors (Lipinski definition) is 0. The Labute approximate surface area is 169 Å². The van der Waals surface area contributed by atoms with Crippen molar-refractivity contribution in [3.05, 3.63) is 62.5 Å². The summed E-state index contributed by atoms with van der Waals surface area (Å²) >= 11 is 7.90. The van der Waals surface area contributed by atoms with E-state index in [0.717, 1.165) is 32.9 Å². The number of hydrogen-bond acceptors (Lipinski definition) is 4. The minimum absolute atomic E-state index is 0. The van der Waals surface area contributed by atoms with Crippen LogP contribution in [0.15, 0.2) is 29.3 Å². The molecule has 0 aliphatic carbocycles. The maximum absolute atomic E-state index is 6.11. The Bertz CT molecular complexity index is 1010. The van der Waals surface area contributed by atoms with Crippen molar-refractivity contribution in [3.8, 4) is 5.00 Å². The highest BCUT2D eigenvalue weighted by atomic mass is 35.5. The number of halogens is 1. The number of nitrogens with zero attached hydrogens (tertiary/aromatic N) is 4. The van der Waals surface area contributed by atoms with Gasteiger partial charge < -0.3 is 0 Å². The van der Waals surface area contributed by atoms with Gasteiger partial charge in [0.15, 0.2) is 5.82 Å². The van der Waals surface area contributed by atoms with E-state index in [2.05, 4.69) is 42.5 Å². The molecule has 0 N–H and O–H groups in total. The fraction of sp³-hybridized carbons (Fsp3) is 0.381. The van der Waals surface area contributed by atoms with Crippen LogP contribution in [-0.4, -0.2) is 20.5 Å². The quantitative estimate of drug-likeness (QED) is 0.522. The lowest BCUT2D eigenvalue weighted by molar-refractivity contribution is 0.488. The Kier molecular flexibility index (Phi) is 5.28. The van der Waals surface area contributed by atoms with E-state index in [1.165, 1.54) is 16.0 Å². The lowest BCUT2D eigenvalue weighted by Crippen LogP contribution is -2.11. The minimum atomic E-state index is -0.0406. The van der Waals surface area contributed by atoms with E-state index in [9.17, 15) is 0 Å². The molecule has 3 aromatic rings. The summed E-state index contributed by atoms with van der Waals surface area (Å²) < 4.78 is 2.19. The lowest BCUT2D eigenvalue weighted by atomic mass is 9.99. The summed E-state index contributed by atoms with van der Waals surface area (Å²) in [6, 6.07) is 7.91. The van der Waals surface area contributed by atoms with Crippen LogP contribution in [0.4, 0.5) is 0 Å². The van der Waals surface area contributed by atoms with Crippen LogP contribution in [0.5, 0.6) is 0 Å². The standard InChI is InChI=1S/C20H21ClN4S.CH4/c1-10(2)17-19-24-23-13(5)25(19)20-16(11(3)12(4)26-20)18(22-17)14-6-8-15(21)9-7-14;/h6-10,17H,1-5H3;1H4. The lowest BCUT2D eigenvalue weighted by Gasteiger charge is -2.16. The number of rotatable bonds is 2. The zero-order valence-electron chi connectivity index (χ0n) is 15.5. The number of thiophene rings is 1. The molecule has 3 heterocycles. The van der Waals surface area contributed by atoms with E-state index in [-0.39, 0.29) is 13.5 Å². The Hall–Kier alpha value is -1.98. The van der Waals surface area contributed by atoms with Gasteiger partial charge in [0.25, 0.3) is 0 Å². The molecule has 0 bridgehead atoms. The predicted octanol–water partition coefficient (Wildman–Crippen LogP) is 6.09. The van der Waals surface area contributed by atoms with Gasteiger partial charge in [-0.15, -0.1) is 21.5 Å². The molecule has 1 atom stereocenters. The smallest absolute Gasteiger partial charge is 0.163 e. The van der Waals surface area contributed by atoms with E-state index in [4.69, 9.17) is 16.6 Å². The van der Waals surface area contributed by atoms with Crippen LogP contribution in [0.1, 0.15) is 60.5 Å². The maximum Gasteiger partial charge on any atom is 0.163 e. The molecule has 6 heteroatoms. The molecule has 0 saturated heterocycles. The van der Waals surface area contributed by atoms with Crippen LogP contribution in [-0.2, 0) is 0 Å². The van der Waals surface area contributed by atoms with E-state index in [1.54, 1.807) is 11.3 Å². The summed E-state index contributed by atoms with van der Waals surface area (Å²) in [5, 5.41) is 10.7. The zero-order valence-corrected chi connectivity index (χ0v) is 17.1. The molecular weight excluding hydrogens is 376 g/mol. The first-order valence-corrected chi connectivity index (χ1v) is 9.94. The molecule has 1 aliphatic heterocycles. The summed E-state index contributed by atoms with van der Waals surface area (Å²) in [6.07, 6.45) is 0. The second kappa shape index (κ2) is 7.21. The number of aryl methyl sites for hydroxylation is 2. The zero-order chi connectivity index (χ0) is 18.6. The van der Waals surface area contributed by atoms with E-state index < -0.39 is 0 Å². The van der Waals surface area contributed by atoms with Crippen LogP contribution in [0.25, 0.3) is 5.00 Å². The van der Waals surface area contributed by atoms with Crippen molar-refractivity contribution in [1.82, 2.24) is 14.8 Å². The number of fused-ring (bicyclic) bond motifs is 3. The average Bonchev–Trinajstić information content (AvgIpc) is 3.05. The van der Waals surface area contributed by atoms with Crippen molar-refractivity contribution in [2.45, 2.75) is 48.1 Å². The molecule has 1 unspecified atom stereocenters. The molecule has 142 valence electrons. The number of benzene rings is 1. The van der Waals surface area contributed by atoms with Crippen LogP contribution >= 0.6 is 22.9 Å². The second-order valence-electron chi connectivity index (χ2n) is 7.08. The molecule has 0 saturated carbocycles. The molecule has 1 aromatic carbocycles. The molecule has 4 nitrogen and oxygen atoms in total. The van der Waals surface area contributed by atoms with Crippen molar-refractivity contribution >= 4 is 28.6 Å². The van der Waals surface area contributed by atoms with Gasteiger partial charge in [-0.2, -0.15) is 0 Å². The Morgan fingerprint density at radius 2 is 1.74 bits per heavy atom. The van der Waals surface area contributed by atoms with E-state index in [0.29, 0.717) is 5.92 Å². The molecule has 0 spiro atoms. The molecule has 2 aromatic heterocycles. The molecule has 4 rings (SSSR count). The number of aliphatic imine (C=N–C) groups is 1. The highest BCUT2D eigenvalue weighted by Gasteiger charge is 2.32. The van der Waals surface area contributed by atoms with Crippen LogP contribution in [0, 0.1) is 26.7 Å². The Morgan fingerprint density at radius 1 is 1.07 bits per heavy atom. The Morgan fingerprint density at radius 3 is 2.37 bits per heavy atom. The molecular formula is C21H25ClN4S. The highest BCUT2D eigenvalue weighted by molar-refractivity contribution is 7.15. The van der Waals surface area contributed by atoms with E-state index in [1.807, 2.05) is 31.2 Å². The predicted molar refractivity (Wildman–Crippen MR) is 115 cm³/mol. The summed E-state index contributed by atoms with van der Waals surface area (Å²) in [5.41, 5.74) is 4.55. The van der Waals surface area contributed by atoms with Gasteiger partial charge in [0.1, 0.15) is 16.9 Å². The molecule has 0 fully saturated rings. The topological polar surface area (TPSA) is 43.1 Å². The van der Waals surface area contributed by atoms with Gasteiger partial charge in [-0.3, -0.25) is 9.56 Å². The van der Waals surface area contributed by atoms with Gasteiger partial charge in [0.05, 0.1) is 5.71 Å². The van der Waals surface area contributed by atoms with Gasteiger partial charge in [0, 0.05) is 21.0 Å². The second-order valence-corrected chi connectivity index (χ2v) is 8.72. The van der Waals surface area contributed by atoms with Gasteiger partial charge >= 0.3 is 0 Å². The van der Waals surface area contributed by atoms with Crippen molar-refractivity contribution in [1.29, 1.82) is 0 Å². The SMILES string of the molecule is C.Cc1sc2c(c1C)C(c1ccc(Cl)cc1)=NC(C(C)C)c1nnc(C)n1-2. The summed E-state index contributed by atoms with van der Waals surface area (Å²) in [5.74, 6) is 2.14. The van der Waals surface area contributed by atoms with Gasteiger partial charge in [-0.25, -0.2) is 0 Å². The molecule has 27 heavy (non-hydrogen) atoms. The maximum atomic E-state index is 6.11. The highest BCUT2D eigenvalue weighted by Crippen LogP contribution is 2.40. The first kappa shape index (κ1) is 19.8. The summed E-state index contributed by atoms with van der Waals surface area (Å²) in [6.45, 7) is 10.7. The fourth-order valence-corrected chi connectivity index (χ4v) is 4.74. The normalized spacial score (nSPS) is 15.7. The van der Waals surface area contributed by atoms with Gasteiger partial charge in [-0.05, 0) is 44.4 Å². The third kappa shape index (κ3) is 3.13. The minimum Gasteiger partial charge on any atom is -0.272 e. The van der Waals surface area contributed by atoms with Crippen LogP contribution < -0.4 is 0 Å². The van der Waals surface area contributed by atoms with Crippen molar-refractivity contribution in [3.63, 3.8) is 0 Å². The van der Waals surface area contributed by atoms with Crippen molar-refractivity contribution in [2.24, 2.45) is 10.9 Å². The number of aromatic nitrogens is 3. The van der Waals surface area contributed by atoms with Crippen molar-refractivity contribution < 1.29 is 0 Å². The molecule has 1 aliphatic rings. The van der Waals surface area contributed by atoms with E-state index >= 15 is 0 Å².